The molecule has 2 rings (SSSR count). The van der Waals surface area contributed by atoms with Gasteiger partial charge in [0, 0.05) is 16.1 Å². The number of hydrogen-bond donors (Lipinski definition) is 2. The maximum atomic E-state index is 11.2. The first kappa shape index (κ1) is 14.1. The zero-order valence-electron chi connectivity index (χ0n) is 9.91. The molecule has 0 bridgehead atoms. The summed E-state index contributed by atoms with van der Waals surface area (Å²) in [7, 11) is 0. The van der Waals surface area contributed by atoms with Crippen LogP contribution in [-0.4, -0.2) is 16.1 Å². The van der Waals surface area contributed by atoms with Crippen LogP contribution in [0, 0.1) is 6.92 Å². The van der Waals surface area contributed by atoms with Crippen molar-refractivity contribution in [3.05, 3.63) is 43.8 Å². The van der Waals surface area contributed by atoms with Crippen molar-refractivity contribution in [1.82, 2.24) is 4.98 Å². The molecular weight excluding hydrogens is 307 g/mol. The highest BCUT2D eigenvalue weighted by Crippen LogP contribution is 2.29. The van der Waals surface area contributed by atoms with Crippen molar-refractivity contribution >= 4 is 46.2 Å². The van der Waals surface area contributed by atoms with Gasteiger partial charge in [0.05, 0.1) is 17.8 Å². The number of thiazole rings is 1. The predicted molar refractivity (Wildman–Crippen MR) is 77.6 cm³/mol. The summed E-state index contributed by atoms with van der Waals surface area (Å²) in [5.74, 6) is -0.996. The zero-order valence-corrected chi connectivity index (χ0v) is 12.2. The van der Waals surface area contributed by atoms with Crippen LogP contribution >= 0.6 is 34.5 Å². The molecule has 100 valence electrons. The molecule has 19 heavy (non-hydrogen) atoms. The number of carboxylic acid groups (broad SMARTS) is 1. The molecule has 2 aromatic rings. The Morgan fingerprint density at radius 2 is 2.21 bits per heavy atom. The van der Waals surface area contributed by atoms with Gasteiger partial charge >= 0.3 is 5.97 Å². The molecule has 2 N–H and O–H groups in total. The van der Waals surface area contributed by atoms with Crippen LogP contribution in [0.25, 0.3) is 0 Å². The first-order valence-electron chi connectivity index (χ1n) is 5.35. The highest BCUT2D eigenvalue weighted by molar-refractivity contribution is 7.15. The van der Waals surface area contributed by atoms with Crippen molar-refractivity contribution < 1.29 is 9.90 Å². The molecule has 0 spiro atoms. The van der Waals surface area contributed by atoms with Crippen LogP contribution in [0.5, 0.6) is 0 Å². The number of rotatable bonds is 4. The summed E-state index contributed by atoms with van der Waals surface area (Å²) < 4.78 is 0.457. The van der Waals surface area contributed by atoms with Crippen LogP contribution in [0.15, 0.2) is 18.3 Å². The Morgan fingerprint density at radius 3 is 2.79 bits per heavy atom. The molecule has 7 heteroatoms. The Bertz CT molecular complexity index is 628. The molecule has 1 aromatic heterocycles. The lowest BCUT2D eigenvalue weighted by atomic mass is 10.1. The highest BCUT2D eigenvalue weighted by atomic mass is 35.5. The van der Waals surface area contributed by atoms with Crippen molar-refractivity contribution in [3.63, 3.8) is 0 Å². The van der Waals surface area contributed by atoms with Gasteiger partial charge in [0.2, 0.25) is 0 Å². The summed E-state index contributed by atoms with van der Waals surface area (Å²) in [6.07, 6.45) is 1.65. The van der Waals surface area contributed by atoms with E-state index in [1.165, 1.54) is 17.4 Å². The minimum atomic E-state index is -0.996. The molecule has 0 unspecified atom stereocenters. The molecule has 0 aliphatic carbocycles. The fraction of sp³-hybridized carbons (Fsp3) is 0.167. The zero-order chi connectivity index (χ0) is 14.0. The lowest BCUT2D eigenvalue weighted by Gasteiger charge is -2.13. The Morgan fingerprint density at radius 1 is 1.47 bits per heavy atom. The number of hydrogen-bond acceptors (Lipinski definition) is 4. The summed E-state index contributed by atoms with van der Waals surface area (Å²) in [5.41, 5.74) is 1.42. The summed E-state index contributed by atoms with van der Waals surface area (Å²) in [6.45, 7) is 2.22. The number of anilines is 1. The number of carbonyl (C=O) groups is 1. The van der Waals surface area contributed by atoms with Gasteiger partial charge in [-0.05, 0) is 24.6 Å². The normalized spacial score (nSPS) is 10.5. The highest BCUT2D eigenvalue weighted by Gasteiger charge is 2.14. The van der Waals surface area contributed by atoms with E-state index in [2.05, 4.69) is 10.3 Å². The number of aromatic carboxylic acids is 1. The standard InChI is InChI=1S/C12H10Cl2N2O2S/c1-6-9(13)3-2-8(11(17)18)10(6)15-4-7-5-16-12(14)19-7/h2-3,5,15H,4H2,1H3,(H,17,18). The van der Waals surface area contributed by atoms with E-state index >= 15 is 0 Å². The van der Waals surface area contributed by atoms with Crippen molar-refractivity contribution in [2.75, 3.05) is 5.32 Å². The largest absolute Gasteiger partial charge is 0.478 e. The first-order valence-corrected chi connectivity index (χ1v) is 6.92. The minimum absolute atomic E-state index is 0.192. The fourth-order valence-corrected chi connectivity index (χ4v) is 2.71. The van der Waals surface area contributed by atoms with E-state index in [1.807, 2.05) is 0 Å². The van der Waals surface area contributed by atoms with E-state index in [0.717, 1.165) is 4.88 Å². The van der Waals surface area contributed by atoms with Gasteiger partial charge in [0.25, 0.3) is 0 Å². The number of nitrogens with zero attached hydrogens (tertiary/aromatic N) is 1. The maximum absolute atomic E-state index is 11.2. The fourth-order valence-electron chi connectivity index (χ4n) is 1.63. The number of aromatic nitrogens is 1. The molecule has 1 aromatic carbocycles. The minimum Gasteiger partial charge on any atom is -0.478 e. The van der Waals surface area contributed by atoms with Crippen molar-refractivity contribution in [1.29, 1.82) is 0 Å². The maximum Gasteiger partial charge on any atom is 0.337 e. The van der Waals surface area contributed by atoms with E-state index in [4.69, 9.17) is 28.3 Å². The van der Waals surface area contributed by atoms with Crippen LogP contribution in [-0.2, 0) is 6.54 Å². The van der Waals surface area contributed by atoms with Crippen molar-refractivity contribution in [3.8, 4) is 0 Å². The second-order valence-corrected chi connectivity index (χ2v) is 5.94. The van der Waals surface area contributed by atoms with Crippen molar-refractivity contribution in [2.24, 2.45) is 0 Å². The number of halogens is 2. The Kier molecular flexibility index (Phi) is 4.29. The van der Waals surface area contributed by atoms with E-state index in [-0.39, 0.29) is 5.56 Å². The van der Waals surface area contributed by atoms with Gasteiger partial charge in [0.1, 0.15) is 0 Å². The van der Waals surface area contributed by atoms with E-state index in [9.17, 15) is 4.79 Å². The average molecular weight is 317 g/mol. The molecule has 1 heterocycles. The van der Waals surface area contributed by atoms with Crippen LogP contribution in [0.2, 0.25) is 9.49 Å². The monoisotopic (exact) mass is 316 g/mol. The topological polar surface area (TPSA) is 62.2 Å². The van der Waals surface area contributed by atoms with E-state index in [0.29, 0.717) is 27.3 Å². The lowest BCUT2D eigenvalue weighted by molar-refractivity contribution is 0.0698. The third kappa shape index (κ3) is 3.18. The molecule has 0 aliphatic rings. The molecular formula is C12H10Cl2N2O2S. The van der Waals surface area contributed by atoms with Gasteiger partial charge < -0.3 is 10.4 Å². The second-order valence-electron chi connectivity index (χ2n) is 3.83. The van der Waals surface area contributed by atoms with Crippen LogP contribution in [0.1, 0.15) is 20.8 Å². The van der Waals surface area contributed by atoms with Crippen LogP contribution in [0.3, 0.4) is 0 Å². The number of carboxylic acids is 1. The number of nitrogens with one attached hydrogen (secondary N) is 1. The molecule has 0 aliphatic heterocycles. The Labute approximate surface area is 124 Å². The van der Waals surface area contributed by atoms with Gasteiger partial charge in [-0.2, -0.15) is 0 Å². The summed E-state index contributed by atoms with van der Waals surface area (Å²) in [4.78, 5) is 16.0. The van der Waals surface area contributed by atoms with E-state index in [1.54, 1.807) is 19.2 Å². The molecule has 0 saturated carbocycles. The van der Waals surface area contributed by atoms with Gasteiger partial charge in [-0.25, -0.2) is 9.78 Å². The summed E-state index contributed by atoms with van der Waals surface area (Å²) in [6, 6.07) is 3.06. The third-order valence-electron chi connectivity index (χ3n) is 2.59. The SMILES string of the molecule is Cc1c(Cl)ccc(C(=O)O)c1NCc1cnc(Cl)s1. The average Bonchev–Trinajstić information content (AvgIpc) is 2.76. The molecule has 0 radical (unpaired) electrons. The molecule has 4 nitrogen and oxygen atoms in total. The number of benzene rings is 1. The van der Waals surface area contributed by atoms with E-state index < -0.39 is 5.97 Å². The second kappa shape index (κ2) is 5.77. The van der Waals surface area contributed by atoms with Gasteiger partial charge in [-0.3, -0.25) is 0 Å². The van der Waals surface area contributed by atoms with Crippen molar-refractivity contribution in [2.45, 2.75) is 13.5 Å². The quantitative estimate of drug-likeness (QED) is 0.892. The molecule has 0 fully saturated rings. The smallest absolute Gasteiger partial charge is 0.337 e. The first-order chi connectivity index (χ1) is 8.99. The predicted octanol–water partition coefficient (Wildman–Crippen LogP) is 4.07. The molecule has 0 atom stereocenters. The molecule has 0 saturated heterocycles. The van der Waals surface area contributed by atoms with Gasteiger partial charge in [-0.1, -0.05) is 23.2 Å². The lowest BCUT2D eigenvalue weighted by Crippen LogP contribution is -2.07. The van der Waals surface area contributed by atoms with Crippen LogP contribution in [0.4, 0.5) is 5.69 Å². The molecule has 0 amide bonds. The third-order valence-corrected chi connectivity index (χ3v) is 4.12. The van der Waals surface area contributed by atoms with Gasteiger partial charge in [-0.15, -0.1) is 11.3 Å². The van der Waals surface area contributed by atoms with Crippen LogP contribution < -0.4 is 5.32 Å². The Balaban J connectivity index is 2.28. The summed E-state index contributed by atoms with van der Waals surface area (Å²) in [5, 5.41) is 12.8. The Hall–Kier alpha value is -1.30. The summed E-state index contributed by atoms with van der Waals surface area (Å²) >= 11 is 13.1. The van der Waals surface area contributed by atoms with Gasteiger partial charge in [0.15, 0.2) is 4.47 Å².